The third-order valence-corrected chi connectivity index (χ3v) is 1.32. The highest BCUT2D eigenvalue weighted by molar-refractivity contribution is 7.38. The van der Waals surface area contributed by atoms with Crippen LogP contribution in [0.2, 0.25) is 0 Å². The highest BCUT2D eigenvalue weighted by atomic mass is 31.2. The van der Waals surface area contributed by atoms with Gasteiger partial charge in [-0.2, -0.15) is 0 Å². The molecule has 0 aliphatic carbocycles. The van der Waals surface area contributed by atoms with Crippen LogP contribution in [0.3, 0.4) is 0 Å². The number of hydrogen-bond acceptors (Lipinski definition) is 9. The van der Waals surface area contributed by atoms with Gasteiger partial charge in [0.25, 0.3) is 0 Å². The smallest absolute Gasteiger partial charge is 0.324 e. The van der Waals surface area contributed by atoms with Crippen molar-refractivity contribution in [1.29, 1.82) is 0 Å². The zero-order valence-electron chi connectivity index (χ0n) is 13.7. The number of ether oxygens (including phenoxy) is 3. The molecule has 0 bridgehead atoms. The van der Waals surface area contributed by atoms with Crippen LogP contribution in [-0.4, -0.2) is 89.5 Å². The summed E-state index contributed by atoms with van der Waals surface area (Å²) in [6, 6.07) is 0. The molecule has 0 rings (SSSR count). The molecule has 0 amide bonds. The van der Waals surface area contributed by atoms with Gasteiger partial charge in [0.05, 0.1) is 39.6 Å². The predicted octanol–water partition coefficient (Wildman–Crippen LogP) is -0.764. The maximum atomic E-state index is 8.07. The standard InChI is InChI=1S/3C4H10O2.H3O3P/c3*1-2-6-4-3-5;1-4(2)3/h3*5H,2-4H2,1H3;1-3H. The number of rotatable bonds is 9. The second-order valence-corrected chi connectivity index (χ2v) is 3.57. The van der Waals surface area contributed by atoms with Crippen molar-refractivity contribution in [2.45, 2.75) is 20.8 Å². The summed E-state index contributed by atoms with van der Waals surface area (Å²) >= 11 is 0. The molecule has 0 spiro atoms. The molecule has 0 aromatic carbocycles. The van der Waals surface area contributed by atoms with E-state index in [0.29, 0.717) is 39.6 Å². The van der Waals surface area contributed by atoms with Gasteiger partial charge < -0.3 is 44.2 Å². The van der Waals surface area contributed by atoms with Crippen LogP contribution in [0.25, 0.3) is 0 Å². The molecule has 0 heterocycles. The predicted molar refractivity (Wildman–Crippen MR) is 84.3 cm³/mol. The van der Waals surface area contributed by atoms with E-state index in [2.05, 4.69) is 0 Å². The van der Waals surface area contributed by atoms with E-state index < -0.39 is 8.60 Å². The first-order valence-electron chi connectivity index (χ1n) is 6.90. The van der Waals surface area contributed by atoms with Gasteiger partial charge in [-0.15, -0.1) is 0 Å². The van der Waals surface area contributed by atoms with Crippen molar-refractivity contribution in [3.8, 4) is 0 Å². The van der Waals surface area contributed by atoms with Crippen molar-refractivity contribution >= 4 is 8.60 Å². The fraction of sp³-hybridized carbons (Fsp3) is 1.00. The van der Waals surface area contributed by atoms with Crippen LogP contribution in [0.15, 0.2) is 0 Å². The Hall–Kier alpha value is 0.0700. The molecule has 22 heavy (non-hydrogen) atoms. The Labute approximate surface area is 134 Å². The topological polar surface area (TPSA) is 149 Å². The minimum Gasteiger partial charge on any atom is -0.394 e. The fourth-order valence-electron chi connectivity index (χ4n) is 0.627. The lowest BCUT2D eigenvalue weighted by Gasteiger charge is -1.91. The molecule has 0 unspecified atom stereocenters. The van der Waals surface area contributed by atoms with E-state index >= 15 is 0 Å². The van der Waals surface area contributed by atoms with E-state index in [1.807, 2.05) is 20.8 Å². The molecule has 140 valence electrons. The monoisotopic (exact) mass is 352 g/mol. The third kappa shape index (κ3) is 88.7. The molecule has 0 saturated carbocycles. The normalized spacial score (nSPS) is 9.00. The van der Waals surface area contributed by atoms with E-state index in [1.165, 1.54) is 0 Å². The molecule has 6 N–H and O–H groups in total. The van der Waals surface area contributed by atoms with Crippen molar-refractivity contribution in [3.05, 3.63) is 0 Å². The summed E-state index contributed by atoms with van der Waals surface area (Å²) in [6.45, 7) is 9.59. The van der Waals surface area contributed by atoms with E-state index in [-0.39, 0.29) is 19.8 Å². The molecule has 0 aromatic heterocycles. The zero-order valence-corrected chi connectivity index (χ0v) is 14.6. The number of hydrogen-bond donors (Lipinski definition) is 6. The van der Waals surface area contributed by atoms with Crippen LogP contribution in [0.5, 0.6) is 0 Å². The second-order valence-electron chi connectivity index (χ2n) is 3.03. The van der Waals surface area contributed by atoms with Crippen LogP contribution in [0, 0.1) is 0 Å². The zero-order chi connectivity index (χ0) is 18.1. The van der Waals surface area contributed by atoms with Gasteiger partial charge in [0.15, 0.2) is 0 Å². The molecular formula is C12H33O9P. The van der Waals surface area contributed by atoms with Gasteiger partial charge in [0.2, 0.25) is 0 Å². The summed E-state index contributed by atoms with van der Waals surface area (Å²) in [5.74, 6) is 0. The van der Waals surface area contributed by atoms with E-state index in [0.717, 1.165) is 0 Å². The summed E-state index contributed by atoms with van der Waals surface area (Å²) in [5, 5.41) is 24.2. The Morgan fingerprint density at radius 2 is 0.773 bits per heavy atom. The van der Waals surface area contributed by atoms with Crippen LogP contribution in [-0.2, 0) is 14.2 Å². The lowest BCUT2D eigenvalue weighted by atomic mass is 10.8. The molecule has 0 aromatic rings. The van der Waals surface area contributed by atoms with Crippen LogP contribution in [0.1, 0.15) is 20.8 Å². The Kier molecular flexibility index (Phi) is 51.0. The largest absolute Gasteiger partial charge is 0.394 e. The average molecular weight is 352 g/mol. The second kappa shape index (κ2) is 37.4. The first-order valence-corrected chi connectivity index (χ1v) is 8.10. The van der Waals surface area contributed by atoms with Gasteiger partial charge in [-0.25, -0.2) is 0 Å². The summed E-state index contributed by atoms with van der Waals surface area (Å²) in [7, 11) is -2.62. The molecule has 0 fully saturated rings. The molecule has 0 saturated heterocycles. The maximum absolute atomic E-state index is 8.07. The van der Waals surface area contributed by atoms with Crippen molar-refractivity contribution in [1.82, 2.24) is 0 Å². The van der Waals surface area contributed by atoms with Gasteiger partial charge in [-0.3, -0.25) is 0 Å². The minimum atomic E-state index is -2.62. The lowest BCUT2D eigenvalue weighted by Crippen LogP contribution is -1.96. The van der Waals surface area contributed by atoms with E-state index in [4.69, 9.17) is 44.2 Å². The molecule has 0 atom stereocenters. The Bertz CT molecular complexity index is 108. The molecular weight excluding hydrogens is 319 g/mol. The SMILES string of the molecule is CCOCCO.CCOCCO.CCOCCO.OP(O)O. The Balaban J connectivity index is -0.0000000994. The highest BCUT2D eigenvalue weighted by Crippen LogP contribution is 2.11. The number of aliphatic hydroxyl groups excluding tert-OH is 3. The molecule has 10 heteroatoms. The van der Waals surface area contributed by atoms with Crippen LogP contribution in [0.4, 0.5) is 0 Å². The van der Waals surface area contributed by atoms with Crippen LogP contribution >= 0.6 is 8.60 Å². The van der Waals surface area contributed by atoms with Gasteiger partial charge >= 0.3 is 8.60 Å². The van der Waals surface area contributed by atoms with Gasteiger partial charge in [0.1, 0.15) is 0 Å². The van der Waals surface area contributed by atoms with Crippen molar-refractivity contribution in [2.24, 2.45) is 0 Å². The number of aliphatic hydroxyl groups is 3. The molecule has 0 aliphatic heterocycles. The van der Waals surface area contributed by atoms with Crippen molar-refractivity contribution < 1.29 is 44.2 Å². The maximum Gasteiger partial charge on any atom is 0.324 e. The average Bonchev–Trinajstić information content (AvgIpc) is 2.49. The van der Waals surface area contributed by atoms with Crippen molar-refractivity contribution in [2.75, 3.05) is 59.5 Å². The Morgan fingerprint density at radius 1 is 0.591 bits per heavy atom. The quantitative estimate of drug-likeness (QED) is 0.232. The summed E-state index contributed by atoms with van der Waals surface area (Å²) in [5.41, 5.74) is 0. The van der Waals surface area contributed by atoms with Crippen LogP contribution < -0.4 is 0 Å². The molecule has 9 nitrogen and oxygen atoms in total. The van der Waals surface area contributed by atoms with E-state index in [1.54, 1.807) is 0 Å². The first-order chi connectivity index (χ1) is 10.5. The summed E-state index contributed by atoms with van der Waals surface area (Å²) < 4.78 is 14.2. The summed E-state index contributed by atoms with van der Waals surface area (Å²) in [4.78, 5) is 21.7. The fourth-order valence-corrected chi connectivity index (χ4v) is 0.627. The van der Waals surface area contributed by atoms with Gasteiger partial charge in [-0.05, 0) is 20.8 Å². The Morgan fingerprint density at radius 3 is 0.818 bits per heavy atom. The molecule has 0 aliphatic rings. The molecule has 0 radical (unpaired) electrons. The summed E-state index contributed by atoms with van der Waals surface area (Å²) in [6.07, 6.45) is 0. The lowest BCUT2D eigenvalue weighted by molar-refractivity contribution is 0.102. The highest BCUT2D eigenvalue weighted by Gasteiger charge is 1.76. The van der Waals surface area contributed by atoms with Gasteiger partial charge in [0, 0.05) is 19.8 Å². The minimum absolute atomic E-state index is 0.133. The van der Waals surface area contributed by atoms with Crippen molar-refractivity contribution in [3.63, 3.8) is 0 Å². The third-order valence-electron chi connectivity index (χ3n) is 1.32. The first kappa shape index (κ1) is 30.0. The van der Waals surface area contributed by atoms with E-state index in [9.17, 15) is 0 Å². The van der Waals surface area contributed by atoms with Gasteiger partial charge in [-0.1, -0.05) is 0 Å².